The number of pyridine rings is 1. The first-order valence-corrected chi connectivity index (χ1v) is 8.34. The molecule has 6 heteroatoms. The highest BCUT2D eigenvalue weighted by molar-refractivity contribution is 5.81. The molecule has 1 N–H and O–H groups in total. The zero-order chi connectivity index (χ0) is 17.6. The van der Waals surface area contributed by atoms with Crippen LogP contribution in [0.5, 0.6) is 5.75 Å². The number of carbonyl (C=O) groups is 1. The lowest BCUT2D eigenvalue weighted by Crippen LogP contribution is -2.52. The van der Waals surface area contributed by atoms with E-state index in [4.69, 9.17) is 10.00 Å². The van der Waals surface area contributed by atoms with E-state index in [-0.39, 0.29) is 5.91 Å². The van der Waals surface area contributed by atoms with Crippen LogP contribution in [0.1, 0.15) is 12.5 Å². The molecule has 0 radical (unpaired) electrons. The van der Waals surface area contributed by atoms with E-state index in [2.05, 4.69) is 16.0 Å². The molecule has 0 saturated carbocycles. The number of anilines is 1. The molecule has 1 saturated heterocycles. The Bertz CT molecular complexity index is 747. The van der Waals surface area contributed by atoms with Gasteiger partial charge in [0.15, 0.2) is 18.5 Å². The summed E-state index contributed by atoms with van der Waals surface area (Å²) in [5.41, 5.74) is 1.73. The molecule has 1 aliphatic heterocycles. The van der Waals surface area contributed by atoms with Crippen LogP contribution in [0, 0.1) is 11.3 Å². The van der Waals surface area contributed by atoms with Crippen molar-refractivity contribution in [2.24, 2.45) is 0 Å². The van der Waals surface area contributed by atoms with Gasteiger partial charge >= 0.3 is 0 Å². The van der Waals surface area contributed by atoms with E-state index in [1.54, 1.807) is 31.2 Å². The molecule has 1 aliphatic rings. The fourth-order valence-electron chi connectivity index (χ4n) is 2.89. The number of nitriles is 1. The van der Waals surface area contributed by atoms with Gasteiger partial charge in [-0.05, 0) is 31.2 Å². The molecule has 0 spiro atoms. The van der Waals surface area contributed by atoms with Gasteiger partial charge in [-0.25, -0.2) is 4.98 Å². The minimum atomic E-state index is -0.550. The highest BCUT2D eigenvalue weighted by atomic mass is 16.5. The third-order valence-corrected chi connectivity index (χ3v) is 4.30. The summed E-state index contributed by atoms with van der Waals surface area (Å²) in [5, 5.41) is 8.82. The summed E-state index contributed by atoms with van der Waals surface area (Å²) in [4.78, 5) is 19.7. The van der Waals surface area contributed by atoms with Gasteiger partial charge in [-0.3, -0.25) is 4.79 Å². The molecular formula is C19H21N4O2+. The Morgan fingerprint density at radius 3 is 2.36 bits per heavy atom. The number of piperazine rings is 1. The average molecular weight is 337 g/mol. The largest absolute Gasteiger partial charge is 0.481 e. The third-order valence-electron chi connectivity index (χ3n) is 4.30. The molecule has 0 aliphatic carbocycles. The van der Waals surface area contributed by atoms with Crippen LogP contribution in [0.3, 0.4) is 0 Å². The third kappa shape index (κ3) is 4.07. The molecule has 6 nitrogen and oxygen atoms in total. The number of hydrogen-bond acceptors (Lipinski definition) is 4. The molecule has 0 bridgehead atoms. The second kappa shape index (κ2) is 7.67. The Hall–Kier alpha value is -3.07. The fourth-order valence-corrected chi connectivity index (χ4v) is 2.89. The van der Waals surface area contributed by atoms with E-state index in [9.17, 15) is 4.79 Å². The maximum atomic E-state index is 12.6. The van der Waals surface area contributed by atoms with Gasteiger partial charge in [0.2, 0.25) is 0 Å². The fraction of sp³-hybridized carbons (Fsp3) is 0.316. The van der Waals surface area contributed by atoms with Crippen LogP contribution < -0.4 is 14.6 Å². The lowest BCUT2D eigenvalue weighted by molar-refractivity contribution is -0.377. The first kappa shape index (κ1) is 16.8. The summed E-state index contributed by atoms with van der Waals surface area (Å²) in [5.74, 6) is 0.587. The van der Waals surface area contributed by atoms with Gasteiger partial charge in [-0.15, -0.1) is 0 Å². The zero-order valence-corrected chi connectivity index (χ0v) is 14.2. The van der Waals surface area contributed by atoms with E-state index >= 15 is 0 Å². The van der Waals surface area contributed by atoms with Crippen molar-refractivity contribution in [1.82, 2.24) is 4.90 Å². The van der Waals surface area contributed by atoms with Gasteiger partial charge in [0.1, 0.15) is 5.75 Å². The predicted molar refractivity (Wildman–Crippen MR) is 93.0 cm³/mol. The van der Waals surface area contributed by atoms with Crippen LogP contribution in [-0.2, 0) is 4.79 Å². The van der Waals surface area contributed by atoms with Crippen LogP contribution in [0.2, 0.25) is 0 Å². The number of nitrogens with one attached hydrogen (secondary N) is 1. The molecule has 128 valence electrons. The maximum Gasteiger partial charge on any atom is 0.263 e. The first-order valence-electron chi connectivity index (χ1n) is 8.34. The maximum absolute atomic E-state index is 12.6. The highest BCUT2D eigenvalue weighted by Crippen LogP contribution is 2.17. The first-order chi connectivity index (χ1) is 12.2. The summed E-state index contributed by atoms with van der Waals surface area (Å²) in [6.07, 6.45) is 3.26. The minimum Gasteiger partial charge on any atom is -0.481 e. The molecular weight excluding hydrogens is 316 g/mol. The van der Waals surface area contributed by atoms with Crippen molar-refractivity contribution >= 4 is 11.6 Å². The van der Waals surface area contributed by atoms with E-state index in [0.717, 1.165) is 18.8 Å². The van der Waals surface area contributed by atoms with Crippen LogP contribution in [0.4, 0.5) is 5.69 Å². The second-order valence-electron chi connectivity index (χ2n) is 5.97. The number of nitrogens with zero attached hydrogens (tertiary/aromatic N) is 3. The molecule has 1 atom stereocenters. The van der Waals surface area contributed by atoms with E-state index in [0.29, 0.717) is 24.4 Å². The number of amides is 1. The number of carbonyl (C=O) groups excluding carboxylic acids is 1. The minimum absolute atomic E-state index is 0.00888. The van der Waals surface area contributed by atoms with Crippen LogP contribution in [0.25, 0.3) is 0 Å². The Kier molecular flexibility index (Phi) is 5.14. The standard InChI is InChI=1S/C19H20N4O2/c1-15(25-18-4-2-16(14-20)3-5-18)19(24)23-12-10-22(11-13-23)17-6-8-21-9-7-17/h2-9,15H,10-13H2,1H3/p+1/t15-/m1/s1. The van der Waals surface area contributed by atoms with Crippen molar-refractivity contribution in [3.8, 4) is 11.8 Å². The Morgan fingerprint density at radius 1 is 1.12 bits per heavy atom. The van der Waals surface area contributed by atoms with Crippen molar-refractivity contribution < 1.29 is 14.5 Å². The molecule has 2 heterocycles. The average Bonchev–Trinajstić information content (AvgIpc) is 2.69. The lowest BCUT2D eigenvalue weighted by Gasteiger charge is -2.36. The molecule has 25 heavy (non-hydrogen) atoms. The zero-order valence-electron chi connectivity index (χ0n) is 14.2. The van der Waals surface area contributed by atoms with Crippen molar-refractivity contribution in [2.45, 2.75) is 13.0 Å². The van der Waals surface area contributed by atoms with Gasteiger partial charge in [0, 0.05) is 44.0 Å². The van der Waals surface area contributed by atoms with Crippen molar-refractivity contribution in [2.75, 3.05) is 31.1 Å². The Balaban J connectivity index is 1.54. The van der Waals surface area contributed by atoms with Crippen molar-refractivity contribution in [1.29, 1.82) is 5.26 Å². The molecule has 0 unspecified atom stereocenters. The summed E-state index contributed by atoms with van der Waals surface area (Å²) in [6, 6.07) is 12.9. The van der Waals surface area contributed by atoms with Gasteiger partial charge < -0.3 is 14.5 Å². The topological polar surface area (TPSA) is 70.7 Å². The number of hydrogen-bond donors (Lipinski definition) is 0. The predicted octanol–water partition coefficient (Wildman–Crippen LogP) is 1.49. The van der Waals surface area contributed by atoms with Crippen molar-refractivity contribution in [3.05, 3.63) is 54.4 Å². The van der Waals surface area contributed by atoms with E-state index < -0.39 is 6.10 Å². The van der Waals surface area contributed by atoms with Gasteiger partial charge in [0.05, 0.1) is 11.6 Å². The molecule has 1 aromatic carbocycles. The van der Waals surface area contributed by atoms with E-state index in [1.165, 1.54) is 0 Å². The van der Waals surface area contributed by atoms with Gasteiger partial charge in [-0.1, -0.05) is 0 Å². The van der Waals surface area contributed by atoms with Crippen LogP contribution >= 0.6 is 0 Å². The van der Waals surface area contributed by atoms with Gasteiger partial charge in [0.25, 0.3) is 5.91 Å². The highest BCUT2D eigenvalue weighted by Gasteiger charge is 2.26. The summed E-state index contributed by atoms with van der Waals surface area (Å²) >= 11 is 0. The number of rotatable bonds is 4. The van der Waals surface area contributed by atoms with Crippen LogP contribution in [0.15, 0.2) is 48.8 Å². The normalized spacial score (nSPS) is 15.4. The number of aromatic amines is 1. The molecule has 2 aromatic rings. The van der Waals surface area contributed by atoms with Crippen LogP contribution in [-0.4, -0.2) is 43.1 Å². The number of H-pyrrole nitrogens is 1. The molecule has 1 aromatic heterocycles. The lowest BCUT2D eigenvalue weighted by atomic mass is 10.2. The Labute approximate surface area is 147 Å². The summed E-state index contributed by atoms with van der Waals surface area (Å²) < 4.78 is 5.72. The van der Waals surface area contributed by atoms with Crippen molar-refractivity contribution in [3.63, 3.8) is 0 Å². The number of benzene rings is 1. The second-order valence-corrected chi connectivity index (χ2v) is 5.97. The quantitative estimate of drug-likeness (QED) is 0.847. The number of ether oxygens (including phenoxy) is 1. The summed E-state index contributed by atoms with van der Waals surface area (Å²) in [7, 11) is 0. The summed E-state index contributed by atoms with van der Waals surface area (Å²) in [6.45, 7) is 4.73. The molecule has 1 amide bonds. The smallest absolute Gasteiger partial charge is 0.263 e. The Morgan fingerprint density at radius 2 is 1.76 bits per heavy atom. The monoisotopic (exact) mass is 337 g/mol. The molecule has 1 fully saturated rings. The number of aromatic nitrogens is 1. The SMILES string of the molecule is C[C@@H](Oc1ccc(C#N)cc1)C(=O)N1CCN(c2cc[nH+]cc2)CC1. The molecule has 3 rings (SSSR count). The van der Waals surface area contributed by atoms with E-state index in [1.807, 2.05) is 29.4 Å². The van der Waals surface area contributed by atoms with Gasteiger partial charge in [-0.2, -0.15) is 5.26 Å².